The lowest BCUT2D eigenvalue weighted by Crippen LogP contribution is -2.43. The Balaban J connectivity index is 1.86. The molecular weight excluding hydrogens is 292 g/mol. The average Bonchev–Trinajstić information content (AvgIpc) is 2.86. The molecule has 1 aromatic carbocycles. The lowest BCUT2D eigenvalue weighted by molar-refractivity contribution is -0.135. The Bertz CT molecular complexity index is 615. The van der Waals surface area contributed by atoms with Crippen LogP contribution in [0, 0.1) is 0 Å². The highest BCUT2D eigenvalue weighted by molar-refractivity contribution is 5.98. The number of carbonyl (C=O) groups excluding carboxylic acids is 2. The van der Waals surface area contributed by atoms with E-state index in [0.29, 0.717) is 5.56 Å². The third-order valence-corrected chi connectivity index (χ3v) is 4.27. The van der Waals surface area contributed by atoms with Crippen molar-refractivity contribution in [3.05, 3.63) is 35.4 Å². The molecule has 0 saturated carbocycles. The van der Waals surface area contributed by atoms with Gasteiger partial charge in [-0.05, 0) is 24.6 Å². The van der Waals surface area contributed by atoms with Crippen molar-refractivity contribution in [2.45, 2.75) is 31.2 Å². The van der Waals surface area contributed by atoms with Crippen LogP contribution in [0.25, 0.3) is 0 Å². The van der Waals surface area contributed by atoms with Gasteiger partial charge >= 0.3 is 0 Å². The molecule has 22 heavy (non-hydrogen) atoms. The summed E-state index contributed by atoms with van der Waals surface area (Å²) in [6.45, 7) is 1.19. The summed E-state index contributed by atoms with van der Waals surface area (Å²) >= 11 is 0. The summed E-state index contributed by atoms with van der Waals surface area (Å²) < 4.78 is 32.8. The maximum atomic E-state index is 14.4. The van der Waals surface area contributed by atoms with Crippen molar-refractivity contribution in [1.29, 1.82) is 0 Å². The number of carbonyl (C=O) groups is 2. The highest BCUT2D eigenvalue weighted by atomic mass is 19.1. The lowest BCUT2D eigenvalue weighted by Gasteiger charge is -2.34. The van der Waals surface area contributed by atoms with E-state index in [9.17, 15) is 18.4 Å². The van der Waals surface area contributed by atoms with Crippen LogP contribution in [0.3, 0.4) is 0 Å². The van der Waals surface area contributed by atoms with Crippen LogP contribution in [-0.2, 0) is 15.2 Å². The third kappa shape index (κ3) is 2.52. The summed E-state index contributed by atoms with van der Waals surface area (Å²) in [5.74, 6) is -0.676. The fourth-order valence-corrected chi connectivity index (χ4v) is 2.94. The number of ether oxygens (including phenoxy) is 1. The number of hydrogen-bond acceptors (Lipinski definition) is 3. The van der Waals surface area contributed by atoms with Crippen LogP contribution in [0.2, 0.25) is 0 Å². The van der Waals surface area contributed by atoms with Crippen LogP contribution in [0.15, 0.2) is 24.3 Å². The van der Waals surface area contributed by atoms with Crippen molar-refractivity contribution in [3.63, 3.8) is 0 Å². The van der Waals surface area contributed by atoms with E-state index in [4.69, 9.17) is 4.74 Å². The SMILES string of the molecule is CC(=O)[C@H]1C[C@H](F)CN1C(=O)c1cccc(C2(F)COC2)c1. The van der Waals surface area contributed by atoms with Gasteiger partial charge in [0, 0.05) is 12.0 Å². The molecule has 118 valence electrons. The van der Waals surface area contributed by atoms with Gasteiger partial charge in [-0.1, -0.05) is 12.1 Å². The molecule has 3 rings (SSSR count). The number of ketones is 1. The first kappa shape index (κ1) is 15.1. The molecule has 2 aliphatic rings. The van der Waals surface area contributed by atoms with Crippen molar-refractivity contribution < 1.29 is 23.1 Å². The van der Waals surface area contributed by atoms with Crippen LogP contribution in [0.1, 0.15) is 29.3 Å². The Hall–Kier alpha value is -1.82. The van der Waals surface area contributed by atoms with Crippen LogP contribution in [-0.4, -0.2) is 48.6 Å². The number of nitrogens with zero attached hydrogens (tertiary/aromatic N) is 1. The highest BCUT2D eigenvalue weighted by Gasteiger charge is 2.42. The zero-order valence-corrected chi connectivity index (χ0v) is 12.2. The van der Waals surface area contributed by atoms with Crippen LogP contribution in [0.4, 0.5) is 8.78 Å². The number of hydrogen-bond donors (Lipinski definition) is 0. The lowest BCUT2D eigenvalue weighted by atomic mass is 9.92. The second kappa shape index (κ2) is 5.43. The van der Waals surface area contributed by atoms with E-state index in [0.717, 1.165) is 0 Å². The number of benzene rings is 1. The summed E-state index contributed by atoms with van der Waals surface area (Å²) in [5.41, 5.74) is -0.925. The summed E-state index contributed by atoms with van der Waals surface area (Å²) in [4.78, 5) is 25.4. The first-order chi connectivity index (χ1) is 10.4. The van der Waals surface area contributed by atoms with E-state index in [1.807, 2.05) is 0 Å². The first-order valence-electron chi connectivity index (χ1n) is 7.23. The van der Waals surface area contributed by atoms with E-state index < -0.39 is 23.8 Å². The summed E-state index contributed by atoms with van der Waals surface area (Å²) in [6, 6.07) is 5.47. The second-order valence-corrected chi connectivity index (χ2v) is 5.96. The third-order valence-electron chi connectivity index (χ3n) is 4.27. The molecule has 6 heteroatoms. The molecule has 0 spiro atoms. The molecule has 2 atom stereocenters. The zero-order valence-electron chi connectivity index (χ0n) is 12.2. The molecule has 1 amide bonds. The zero-order chi connectivity index (χ0) is 15.9. The molecule has 2 heterocycles. The van der Waals surface area contributed by atoms with E-state index in [-0.39, 0.29) is 37.5 Å². The van der Waals surface area contributed by atoms with Crippen molar-refractivity contribution in [1.82, 2.24) is 4.90 Å². The molecule has 0 aliphatic carbocycles. The number of Topliss-reactive ketones (excluding diaryl/α,β-unsaturated/α-hetero) is 1. The topological polar surface area (TPSA) is 46.6 Å². The predicted octanol–water partition coefficient (Wildman–Crippen LogP) is 2.02. The Morgan fingerprint density at radius 1 is 1.36 bits per heavy atom. The Kier molecular flexibility index (Phi) is 3.72. The van der Waals surface area contributed by atoms with Crippen molar-refractivity contribution in [2.24, 2.45) is 0 Å². The quantitative estimate of drug-likeness (QED) is 0.858. The minimum Gasteiger partial charge on any atom is -0.374 e. The molecule has 0 N–H and O–H groups in total. The Morgan fingerprint density at radius 3 is 2.68 bits per heavy atom. The maximum absolute atomic E-state index is 14.4. The highest BCUT2D eigenvalue weighted by Crippen LogP contribution is 2.34. The second-order valence-electron chi connectivity index (χ2n) is 5.96. The van der Waals surface area contributed by atoms with Gasteiger partial charge in [-0.3, -0.25) is 9.59 Å². The molecule has 0 bridgehead atoms. The van der Waals surface area contributed by atoms with Crippen molar-refractivity contribution in [2.75, 3.05) is 19.8 Å². The summed E-state index contributed by atoms with van der Waals surface area (Å²) in [7, 11) is 0. The molecule has 0 unspecified atom stereocenters. The van der Waals surface area contributed by atoms with Gasteiger partial charge in [-0.25, -0.2) is 8.78 Å². The average molecular weight is 309 g/mol. The largest absolute Gasteiger partial charge is 0.374 e. The van der Waals surface area contributed by atoms with Gasteiger partial charge in [0.15, 0.2) is 11.5 Å². The van der Waals surface area contributed by atoms with Gasteiger partial charge in [0.1, 0.15) is 6.17 Å². The molecule has 1 aromatic rings. The minimum absolute atomic E-state index is 0.0294. The fraction of sp³-hybridized carbons (Fsp3) is 0.500. The van der Waals surface area contributed by atoms with Crippen LogP contribution < -0.4 is 0 Å². The normalized spacial score (nSPS) is 26.6. The van der Waals surface area contributed by atoms with E-state index >= 15 is 0 Å². The van der Waals surface area contributed by atoms with Gasteiger partial charge < -0.3 is 9.64 Å². The smallest absolute Gasteiger partial charge is 0.254 e. The number of alkyl halides is 2. The predicted molar refractivity (Wildman–Crippen MR) is 75.1 cm³/mol. The standard InChI is InChI=1S/C16H17F2NO3/c1-10(20)14-6-13(17)7-19(14)15(21)11-3-2-4-12(5-11)16(18)8-22-9-16/h2-5,13-14H,6-9H2,1H3/t13-,14+/m0/s1. The number of halogens is 2. The van der Waals surface area contributed by atoms with Gasteiger partial charge in [0.2, 0.25) is 0 Å². The first-order valence-corrected chi connectivity index (χ1v) is 7.23. The Morgan fingerprint density at radius 2 is 2.09 bits per heavy atom. The molecule has 2 saturated heterocycles. The molecule has 2 aliphatic heterocycles. The molecule has 4 nitrogen and oxygen atoms in total. The monoisotopic (exact) mass is 309 g/mol. The fourth-order valence-electron chi connectivity index (χ4n) is 2.94. The van der Waals surface area contributed by atoms with Gasteiger partial charge in [0.05, 0.1) is 25.8 Å². The number of amides is 1. The molecular formula is C16H17F2NO3. The van der Waals surface area contributed by atoms with Gasteiger partial charge in [-0.15, -0.1) is 0 Å². The van der Waals surface area contributed by atoms with Crippen LogP contribution >= 0.6 is 0 Å². The summed E-state index contributed by atoms with van der Waals surface area (Å²) in [5, 5.41) is 0. The van der Waals surface area contributed by atoms with E-state index in [1.54, 1.807) is 18.2 Å². The van der Waals surface area contributed by atoms with Gasteiger partial charge in [0.25, 0.3) is 5.91 Å². The summed E-state index contributed by atoms with van der Waals surface area (Å²) in [6.07, 6.45) is -1.17. The number of likely N-dealkylation sites (tertiary alicyclic amines) is 1. The number of rotatable bonds is 3. The Labute approximate surface area is 127 Å². The van der Waals surface area contributed by atoms with E-state index in [2.05, 4.69) is 0 Å². The van der Waals surface area contributed by atoms with E-state index in [1.165, 1.54) is 17.9 Å². The van der Waals surface area contributed by atoms with Crippen LogP contribution in [0.5, 0.6) is 0 Å². The molecule has 2 fully saturated rings. The molecule has 0 radical (unpaired) electrons. The molecule has 0 aromatic heterocycles. The minimum atomic E-state index is -1.57. The van der Waals surface area contributed by atoms with Gasteiger partial charge in [-0.2, -0.15) is 0 Å². The van der Waals surface area contributed by atoms with Crippen molar-refractivity contribution in [3.8, 4) is 0 Å². The van der Waals surface area contributed by atoms with Crippen molar-refractivity contribution >= 4 is 11.7 Å². The maximum Gasteiger partial charge on any atom is 0.254 e.